The fourth-order valence-corrected chi connectivity index (χ4v) is 2.41. The molecule has 16 heavy (non-hydrogen) atoms. The molecule has 0 spiro atoms. The summed E-state index contributed by atoms with van der Waals surface area (Å²) >= 11 is 1.79. The van der Waals surface area contributed by atoms with Crippen LogP contribution in [0.25, 0.3) is 0 Å². The lowest BCUT2D eigenvalue weighted by molar-refractivity contribution is -0.121. The number of aryl methyl sites for hydroxylation is 2. The molecule has 0 saturated carbocycles. The first-order valence-corrected chi connectivity index (χ1v) is 6.31. The molecule has 0 saturated heterocycles. The number of nitrogens with two attached hydrogens (primary N) is 1. The predicted molar refractivity (Wildman–Crippen MR) is 68.2 cm³/mol. The number of hydrazine groups is 1. The van der Waals surface area contributed by atoms with E-state index in [9.17, 15) is 4.79 Å². The maximum absolute atomic E-state index is 10.9. The minimum Gasteiger partial charge on any atom is -0.294 e. The Balaban J connectivity index is 2.35. The van der Waals surface area contributed by atoms with E-state index in [4.69, 9.17) is 5.84 Å². The van der Waals surface area contributed by atoms with Crippen LogP contribution in [0, 0.1) is 13.8 Å². The van der Waals surface area contributed by atoms with Crippen molar-refractivity contribution in [2.24, 2.45) is 5.84 Å². The van der Waals surface area contributed by atoms with Gasteiger partial charge in [0.1, 0.15) is 0 Å². The van der Waals surface area contributed by atoms with Crippen LogP contribution in [0.15, 0.2) is 23.1 Å². The Morgan fingerprint density at radius 2 is 2.19 bits per heavy atom. The topological polar surface area (TPSA) is 55.1 Å². The summed E-state index contributed by atoms with van der Waals surface area (Å²) in [6.07, 6.45) is 1.34. The van der Waals surface area contributed by atoms with E-state index in [0.717, 1.165) is 12.2 Å². The van der Waals surface area contributed by atoms with E-state index >= 15 is 0 Å². The molecule has 88 valence electrons. The molecule has 0 aliphatic carbocycles. The third-order valence-corrected chi connectivity index (χ3v) is 3.56. The highest BCUT2D eigenvalue weighted by Gasteiger charge is 2.01. The summed E-state index contributed by atoms with van der Waals surface area (Å²) in [4.78, 5) is 12.2. The van der Waals surface area contributed by atoms with Crippen LogP contribution in [-0.2, 0) is 4.79 Å². The monoisotopic (exact) mass is 238 g/mol. The van der Waals surface area contributed by atoms with E-state index in [0.29, 0.717) is 6.42 Å². The quantitative estimate of drug-likeness (QED) is 0.272. The van der Waals surface area contributed by atoms with Gasteiger partial charge in [0.15, 0.2) is 0 Å². The molecular formula is C12H18N2OS. The largest absolute Gasteiger partial charge is 0.294 e. The molecule has 0 fully saturated rings. The van der Waals surface area contributed by atoms with Crippen LogP contribution in [0.2, 0.25) is 0 Å². The molecule has 3 nitrogen and oxygen atoms in total. The second kappa shape index (κ2) is 6.55. The second-order valence-electron chi connectivity index (χ2n) is 3.79. The Kier molecular flexibility index (Phi) is 5.35. The average Bonchev–Trinajstić information content (AvgIpc) is 2.26. The van der Waals surface area contributed by atoms with Crippen molar-refractivity contribution < 1.29 is 4.79 Å². The van der Waals surface area contributed by atoms with Gasteiger partial charge in [-0.05, 0) is 37.7 Å². The number of amides is 1. The lowest BCUT2D eigenvalue weighted by atomic mass is 10.2. The zero-order valence-corrected chi connectivity index (χ0v) is 10.6. The maximum Gasteiger partial charge on any atom is 0.233 e. The van der Waals surface area contributed by atoms with Crippen LogP contribution in [0.4, 0.5) is 0 Å². The SMILES string of the molecule is Cc1ccc(SCCCC(=O)NN)c(C)c1. The fourth-order valence-electron chi connectivity index (χ4n) is 1.45. The van der Waals surface area contributed by atoms with Crippen molar-refractivity contribution in [2.75, 3.05) is 5.75 Å². The molecule has 1 amide bonds. The summed E-state index contributed by atoms with van der Waals surface area (Å²) in [5.74, 6) is 5.85. The lowest BCUT2D eigenvalue weighted by Crippen LogP contribution is -2.29. The molecule has 0 aromatic heterocycles. The van der Waals surface area contributed by atoms with Crippen LogP contribution >= 0.6 is 11.8 Å². The molecular weight excluding hydrogens is 220 g/mol. The van der Waals surface area contributed by atoms with Gasteiger partial charge in [0.2, 0.25) is 5.91 Å². The summed E-state index contributed by atoms with van der Waals surface area (Å²) in [7, 11) is 0. The zero-order valence-electron chi connectivity index (χ0n) is 9.75. The molecule has 4 heteroatoms. The van der Waals surface area contributed by atoms with Crippen molar-refractivity contribution in [3.05, 3.63) is 29.3 Å². The summed E-state index contributed by atoms with van der Waals surface area (Å²) in [6.45, 7) is 4.20. The highest BCUT2D eigenvalue weighted by atomic mass is 32.2. The average molecular weight is 238 g/mol. The van der Waals surface area contributed by atoms with Crippen molar-refractivity contribution in [1.82, 2.24) is 5.43 Å². The van der Waals surface area contributed by atoms with Gasteiger partial charge in [0, 0.05) is 11.3 Å². The minimum absolute atomic E-state index is 0.0961. The molecule has 3 N–H and O–H groups in total. The van der Waals surface area contributed by atoms with Gasteiger partial charge in [-0.3, -0.25) is 10.2 Å². The van der Waals surface area contributed by atoms with Gasteiger partial charge in [-0.15, -0.1) is 11.8 Å². The van der Waals surface area contributed by atoms with Gasteiger partial charge in [0.05, 0.1) is 0 Å². The molecule has 0 radical (unpaired) electrons. The highest BCUT2D eigenvalue weighted by Crippen LogP contribution is 2.23. The molecule has 1 rings (SSSR count). The predicted octanol–water partition coefficient (Wildman–Crippen LogP) is 2.17. The smallest absolute Gasteiger partial charge is 0.233 e. The van der Waals surface area contributed by atoms with E-state index in [1.54, 1.807) is 11.8 Å². The molecule has 0 heterocycles. The van der Waals surface area contributed by atoms with Gasteiger partial charge in [-0.25, -0.2) is 5.84 Å². The number of carbonyl (C=O) groups is 1. The number of nitrogens with one attached hydrogen (secondary N) is 1. The van der Waals surface area contributed by atoms with Crippen molar-refractivity contribution in [1.29, 1.82) is 0 Å². The summed E-state index contributed by atoms with van der Waals surface area (Å²) in [6, 6.07) is 6.43. The number of benzene rings is 1. The Morgan fingerprint density at radius 3 is 2.81 bits per heavy atom. The van der Waals surface area contributed by atoms with Crippen molar-refractivity contribution in [3.63, 3.8) is 0 Å². The Morgan fingerprint density at radius 1 is 1.44 bits per heavy atom. The van der Waals surface area contributed by atoms with Crippen LogP contribution in [0.3, 0.4) is 0 Å². The Labute approximate surface area is 101 Å². The van der Waals surface area contributed by atoms with E-state index in [2.05, 4.69) is 37.5 Å². The first kappa shape index (κ1) is 13.1. The van der Waals surface area contributed by atoms with Crippen LogP contribution < -0.4 is 11.3 Å². The van der Waals surface area contributed by atoms with E-state index in [-0.39, 0.29) is 5.91 Å². The van der Waals surface area contributed by atoms with Crippen molar-refractivity contribution >= 4 is 17.7 Å². The van der Waals surface area contributed by atoms with E-state index in [1.165, 1.54) is 16.0 Å². The van der Waals surface area contributed by atoms with Crippen molar-refractivity contribution in [2.45, 2.75) is 31.6 Å². The van der Waals surface area contributed by atoms with Gasteiger partial charge in [0.25, 0.3) is 0 Å². The molecule has 1 aromatic carbocycles. The summed E-state index contributed by atoms with van der Waals surface area (Å²) in [5.41, 5.74) is 4.72. The molecule has 1 aromatic rings. The van der Waals surface area contributed by atoms with Gasteiger partial charge in [-0.2, -0.15) is 0 Å². The van der Waals surface area contributed by atoms with Crippen molar-refractivity contribution in [3.8, 4) is 0 Å². The number of thioether (sulfide) groups is 1. The first-order valence-electron chi connectivity index (χ1n) is 5.33. The molecule has 0 unspecified atom stereocenters. The number of hydrogen-bond acceptors (Lipinski definition) is 3. The number of carbonyl (C=O) groups excluding carboxylic acids is 1. The Bertz CT molecular complexity index is 366. The van der Waals surface area contributed by atoms with Crippen LogP contribution in [-0.4, -0.2) is 11.7 Å². The molecule has 0 aliphatic heterocycles. The second-order valence-corrected chi connectivity index (χ2v) is 4.93. The molecule has 0 aliphatic rings. The van der Waals surface area contributed by atoms with E-state index < -0.39 is 0 Å². The minimum atomic E-state index is -0.0961. The van der Waals surface area contributed by atoms with Crippen LogP contribution in [0.1, 0.15) is 24.0 Å². The van der Waals surface area contributed by atoms with Gasteiger partial charge in [-0.1, -0.05) is 17.7 Å². The normalized spacial score (nSPS) is 10.2. The lowest BCUT2D eigenvalue weighted by Gasteiger charge is -2.06. The standard InChI is InChI=1S/C12H18N2OS/c1-9-5-6-11(10(2)8-9)16-7-3-4-12(15)14-13/h5-6,8H,3-4,7,13H2,1-2H3,(H,14,15). The molecule has 0 bridgehead atoms. The number of rotatable bonds is 5. The zero-order chi connectivity index (χ0) is 12.0. The maximum atomic E-state index is 10.9. The van der Waals surface area contributed by atoms with Crippen LogP contribution in [0.5, 0.6) is 0 Å². The fraction of sp³-hybridized carbons (Fsp3) is 0.417. The highest BCUT2D eigenvalue weighted by molar-refractivity contribution is 7.99. The molecule has 0 atom stereocenters. The third-order valence-electron chi connectivity index (χ3n) is 2.30. The van der Waals surface area contributed by atoms with Gasteiger partial charge >= 0.3 is 0 Å². The van der Waals surface area contributed by atoms with E-state index in [1.807, 2.05) is 0 Å². The van der Waals surface area contributed by atoms with Gasteiger partial charge < -0.3 is 0 Å². The summed E-state index contributed by atoms with van der Waals surface area (Å²) in [5, 5.41) is 0. The summed E-state index contributed by atoms with van der Waals surface area (Å²) < 4.78 is 0. The first-order chi connectivity index (χ1) is 7.63. The third kappa shape index (κ3) is 4.24. The number of hydrogen-bond donors (Lipinski definition) is 2. The Hall–Kier alpha value is -1.00.